The second-order valence-corrected chi connectivity index (χ2v) is 9.97. The highest BCUT2D eigenvalue weighted by atomic mass is 35.5. The lowest BCUT2D eigenvalue weighted by Crippen LogP contribution is -2.19. The molecule has 1 aliphatic rings. The van der Waals surface area contributed by atoms with Gasteiger partial charge in [-0.05, 0) is 31.0 Å². The second kappa shape index (κ2) is 10.6. The maximum absolute atomic E-state index is 13.3. The van der Waals surface area contributed by atoms with Crippen molar-refractivity contribution in [2.75, 3.05) is 7.11 Å². The first-order chi connectivity index (χ1) is 17.9. The molecule has 38 heavy (non-hydrogen) atoms. The van der Waals surface area contributed by atoms with Crippen LogP contribution in [0.25, 0.3) is 11.3 Å². The number of aryl methyl sites for hydroxylation is 1. The van der Waals surface area contributed by atoms with E-state index in [1.807, 2.05) is 0 Å². The minimum absolute atomic E-state index is 0.0203. The molecule has 1 atom stereocenters. The lowest BCUT2D eigenvalue weighted by Gasteiger charge is -2.25. The monoisotopic (exact) mass is 600 g/mol. The minimum atomic E-state index is -0.898. The van der Waals surface area contributed by atoms with Crippen molar-refractivity contribution in [3.8, 4) is 22.8 Å². The summed E-state index contributed by atoms with van der Waals surface area (Å²) in [5, 5.41) is 0.447. The number of nitrogens with zero attached hydrogens (tertiary/aromatic N) is 2. The molecule has 0 amide bonds. The van der Waals surface area contributed by atoms with E-state index in [-0.39, 0.29) is 49.2 Å². The van der Waals surface area contributed by atoms with Crippen molar-refractivity contribution in [3.05, 3.63) is 55.4 Å². The van der Waals surface area contributed by atoms with Gasteiger partial charge >= 0.3 is 17.9 Å². The van der Waals surface area contributed by atoms with Crippen molar-refractivity contribution >= 4 is 70.2 Å². The predicted octanol–water partition coefficient (Wildman–Crippen LogP) is 6.40. The standard InChI is InChI=1S/C25H20Cl4N2O7/c1-10(32)30-18(9-16(27)23(30)28)14-8-19(37-11(2)33)21(22(38-12(3)34)20(14)25(35)36-4)17-6-5-13-7-15(26)24(29)31(13)17/h7-9,17H,5-6H2,1-4H3/t17-/m0/s1. The summed E-state index contributed by atoms with van der Waals surface area (Å²) in [5.74, 6) is -3.15. The minimum Gasteiger partial charge on any atom is -0.465 e. The van der Waals surface area contributed by atoms with Gasteiger partial charge in [0.2, 0.25) is 5.91 Å². The molecule has 2 aromatic heterocycles. The fraction of sp³-hybridized carbons (Fsp3) is 0.280. The normalized spacial score (nSPS) is 14.3. The molecule has 0 spiro atoms. The lowest BCUT2D eigenvalue weighted by molar-refractivity contribution is -0.132. The summed E-state index contributed by atoms with van der Waals surface area (Å²) in [5.41, 5.74) is 0.859. The van der Waals surface area contributed by atoms with E-state index in [0.717, 1.165) is 24.3 Å². The summed E-state index contributed by atoms with van der Waals surface area (Å²) < 4.78 is 19.0. The third-order valence-electron chi connectivity index (χ3n) is 5.99. The highest BCUT2D eigenvalue weighted by Crippen LogP contribution is 2.50. The van der Waals surface area contributed by atoms with Gasteiger partial charge in [-0.2, -0.15) is 0 Å². The number of carbonyl (C=O) groups excluding carboxylic acids is 4. The number of esters is 3. The quantitative estimate of drug-likeness (QED) is 0.246. The highest BCUT2D eigenvalue weighted by molar-refractivity contribution is 6.42. The lowest BCUT2D eigenvalue weighted by atomic mass is 9.93. The Bertz CT molecular complexity index is 1520. The third kappa shape index (κ3) is 4.80. The fourth-order valence-electron chi connectivity index (χ4n) is 4.66. The van der Waals surface area contributed by atoms with Crippen molar-refractivity contribution in [1.82, 2.24) is 9.13 Å². The molecule has 0 fully saturated rings. The zero-order valence-electron chi connectivity index (χ0n) is 20.5. The molecule has 0 radical (unpaired) electrons. The van der Waals surface area contributed by atoms with E-state index < -0.39 is 29.9 Å². The SMILES string of the molecule is COC(=O)c1c(-c2cc(Cl)c(Cl)n2C(C)=O)cc(OC(C)=O)c([C@@H]2CCc3cc(Cl)c(Cl)n32)c1OC(C)=O. The van der Waals surface area contributed by atoms with Gasteiger partial charge in [-0.15, -0.1) is 0 Å². The maximum Gasteiger partial charge on any atom is 0.342 e. The van der Waals surface area contributed by atoms with Crippen LogP contribution in [0.4, 0.5) is 0 Å². The number of fused-ring (bicyclic) bond motifs is 1. The van der Waals surface area contributed by atoms with Crippen molar-refractivity contribution < 1.29 is 33.4 Å². The van der Waals surface area contributed by atoms with Crippen LogP contribution in [0.5, 0.6) is 11.5 Å². The molecule has 3 heterocycles. The predicted molar refractivity (Wildman–Crippen MR) is 141 cm³/mol. The Kier molecular flexibility index (Phi) is 7.86. The van der Waals surface area contributed by atoms with Gasteiger partial charge in [0, 0.05) is 32.0 Å². The van der Waals surface area contributed by atoms with Gasteiger partial charge in [-0.25, -0.2) is 4.79 Å². The summed E-state index contributed by atoms with van der Waals surface area (Å²) in [6, 6.07) is 3.80. The van der Waals surface area contributed by atoms with Crippen molar-refractivity contribution in [2.24, 2.45) is 0 Å². The summed E-state index contributed by atoms with van der Waals surface area (Å²) in [6.45, 7) is 3.58. The van der Waals surface area contributed by atoms with E-state index in [9.17, 15) is 19.2 Å². The molecule has 4 rings (SSSR count). The van der Waals surface area contributed by atoms with Crippen LogP contribution in [-0.2, 0) is 20.7 Å². The number of ether oxygens (including phenoxy) is 3. The van der Waals surface area contributed by atoms with Crippen LogP contribution >= 0.6 is 46.4 Å². The number of halogens is 4. The molecule has 0 unspecified atom stereocenters. The summed E-state index contributed by atoms with van der Waals surface area (Å²) in [6.07, 6.45) is 1.00. The fourth-order valence-corrected chi connectivity index (χ4v) is 5.61. The van der Waals surface area contributed by atoms with E-state index in [0.29, 0.717) is 17.9 Å². The zero-order chi connectivity index (χ0) is 28.0. The van der Waals surface area contributed by atoms with Gasteiger partial charge < -0.3 is 18.8 Å². The topological polar surface area (TPSA) is 106 Å². The number of carbonyl (C=O) groups is 4. The van der Waals surface area contributed by atoms with E-state index in [2.05, 4.69) is 0 Å². The number of benzene rings is 1. The Morgan fingerprint density at radius 1 is 0.895 bits per heavy atom. The first kappa shape index (κ1) is 28.0. The Balaban J connectivity index is 2.17. The molecule has 200 valence electrons. The molecule has 1 aliphatic heterocycles. The molecule has 1 aromatic carbocycles. The number of aromatic nitrogens is 2. The molecule has 3 aromatic rings. The van der Waals surface area contributed by atoms with Gasteiger partial charge in [0.1, 0.15) is 21.6 Å². The Morgan fingerprint density at radius 2 is 1.53 bits per heavy atom. The Hall–Kier alpha value is -2.98. The van der Waals surface area contributed by atoms with Gasteiger partial charge in [0.05, 0.1) is 34.5 Å². The van der Waals surface area contributed by atoms with Crippen LogP contribution in [0.1, 0.15) is 59.6 Å². The Morgan fingerprint density at radius 3 is 2.11 bits per heavy atom. The third-order valence-corrected chi connectivity index (χ3v) is 7.52. The van der Waals surface area contributed by atoms with Gasteiger partial charge in [-0.1, -0.05) is 46.4 Å². The summed E-state index contributed by atoms with van der Waals surface area (Å²) in [7, 11) is 1.14. The van der Waals surface area contributed by atoms with E-state index in [4.69, 9.17) is 60.6 Å². The summed E-state index contributed by atoms with van der Waals surface area (Å²) in [4.78, 5) is 50.3. The molecular formula is C25H20Cl4N2O7. The number of hydrogen-bond donors (Lipinski definition) is 0. The molecule has 0 N–H and O–H groups in total. The Labute approximate surface area is 237 Å². The molecule has 0 saturated carbocycles. The number of rotatable bonds is 5. The zero-order valence-corrected chi connectivity index (χ0v) is 23.5. The smallest absolute Gasteiger partial charge is 0.342 e. The highest BCUT2D eigenvalue weighted by Gasteiger charge is 2.38. The van der Waals surface area contributed by atoms with Gasteiger partial charge in [0.15, 0.2) is 5.75 Å². The molecule has 0 bridgehead atoms. The van der Waals surface area contributed by atoms with Crippen LogP contribution in [0.3, 0.4) is 0 Å². The second-order valence-electron chi connectivity index (χ2n) is 8.44. The van der Waals surface area contributed by atoms with Crippen LogP contribution in [0.2, 0.25) is 20.4 Å². The van der Waals surface area contributed by atoms with Crippen LogP contribution in [0.15, 0.2) is 18.2 Å². The van der Waals surface area contributed by atoms with Crippen LogP contribution < -0.4 is 9.47 Å². The van der Waals surface area contributed by atoms with E-state index in [1.54, 1.807) is 10.6 Å². The largest absolute Gasteiger partial charge is 0.465 e. The first-order valence-corrected chi connectivity index (χ1v) is 12.7. The average Bonchev–Trinajstić information content (AvgIpc) is 3.45. The van der Waals surface area contributed by atoms with Crippen molar-refractivity contribution in [2.45, 2.75) is 39.7 Å². The van der Waals surface area contributed by atoms with Crippen LogP contribution in [0, 0.1) is 0 Å². The summed E-state index contributed by atoms with van der Waals surface area (Å²) >= 11 is 25.3. The number of methoxy groups -OCH3 is 1. The number of hydrogen-bond acceptors (Lipinski definition) is 7. The van der Waals surface area contributed by atoms with Gasteiger partial charge in [-0.3, -0.25) is 19.0 Å². The van der Waals surface area contributed by atoms with Crippen LogP contribution in [-0.4, -0.2) is 40.1 Å². The van der Waals surface area contributed by atoms with E-state index in [1.165, 1.54) is 26.0 Å². The first-order valence-electron chi connectivity index (χ1n) is 11.2. The molecule has 0 aliphatic carbocycles. The molecular weight excluding hydrogens is 582 g/mol. The van der Waals surface area contributed by atoms with Gasteiger partial charge in [0.25, 0.3) is 0 Å². The molecule has 0 saturated heterocycles. The van der Waals surface area contributed by atoms with Crippen molar-refractivity contribution in [3.63, 3.8) is 0 Å². The molecule has 13 heteroatoms. The maximum atomic E-state index is 13.3. The molecule has 9 nitrogen and oxygen atoms in total. The van der Waals surface area contributed by atoms with E-state index >= 15 is 0 Å². The average molecular weight is 602 g/mol. The van der Waals surface area contributed by atoms with Crippen molar-refractivity contribution in [1.29, 1.82) is 0 Å².